The van der Waals surface area contributed by atoms with Crippen LogP contribution in [0.25, 0.3) is 22.4 Å². The first-order valence-corrected chi connectivity index (χ1v) is 5.76. The molecule has 0 saturated heterocycles. The normalized spacial score (nSPS) is 10.6. The van der Waals surface area contributed by atoms with E-state index in [-0.39, 0.29) is 5.97 Å². The third kappa shape index (κ3) is 2.06. The highest BCUT2D eigenvalue weighted by Gasteiger charge is 2.09. The van der Waals surface area contributed by atoms with Gasteiger partial charge in [-0.05, 0) is 30.3 Å². The zero-order chi connectivity index (χ0) is 13.2. The molecule has 0 aliphatic heterocycles. The Bertz CT molecular complexity index is 735. The van der Waals surface area contributed by atoms with Gasteiger partial charge in [0.2, 0.25) is 0 Å². The van der Waals surface area contributed by atoms with Crippen molar-refractivity contribution in [2.75, 3.05) is 7.11 Å². The lowest BCUT2D eigenvalue weighted by Crippen LogP contribution is -2.00. The summed E-state index contributed by atoms with van der Waals surface area (Å²) in [6.45, 7) is 0. The van der Waals surface area contributed by atoms with E-state index in [9.17, 15) is 4.79 Å². The van der Waals surface area contributed by atoms with E-state index < -0.39 is 0 Å². The van der Waals surface area contributed by atoms with E-state index in [1.165, 1.54) is 7.11 Å². The second kappa shape index (κ2) is 4.53. The molecule has 0 fully saturated rings. The average molecular weight is 253 g/mol. The molecule has 1 N–H and O–H groups in total. The quantitative estimate of drug-likeness (QED) is 0.712. The summed E-state index contributed by atoms with van der Waals surface area (Å²) in [6, 6.07) is 8.98. The number of imidazole rings is 1. The van der Waals surface area contributed by atoms with Gasteiger partial charge in [-0.1, -0.05) is 0 Å². The van der Waals surface area contributed by atoms with E-state index >= 15 is 0 Å². The molecule has 19 heavy (non-hydrogen) atoms. The van der Waals surface area contributed by atoms with Crippen LogP contribution < -0.4 is 0 Å². The predicted molar refractivity (Wildman–Crippen MR) is 70.7 cm³/mol. The second-order valence-electron chi connectivity index (χ2n) is 4.04. The van der Waals surface area contributed by atoms with E-state index in [1.54, 1.807) is 30.6 Å². The first kappa shape index (κ1) is 11.4. The SMILES string of the molecule is COC(=O)c1ccc2nc(-c3ccncc3)[nH]c2c1. The minimum absolute atomic E-state index is 0.359. The van der Waals surface area contributed by atoms with Crippen molar-refractivity contribution >= 4 is 17.0 Å². The number of hydrogen-bond donors (Lipinski definition) is 1. The summed E-state index contributed by atoms with van der Waals surface area (Å²) in [5.41, 5.74) is 3.06. The Morgan fingerprint density at radius 3 is 2.74 bits per heavy atom. The number of methoxy groups -OCH3 is 1. The molecule has 2 aromatic heterocycles. The van der Waals surface area contributed by atoms with Crippen molar-refractivity contribution in [2.45, 2.75) is 0 Å². The van der Waals surface area contributed by atoms with E-state index in [0.717, 1.165) is 22.4 Å². The summed E-state index contributed by atoms with van der Waals surface area (Å²) in [7, 11) is 1.36. The third-order valence-electron chi connectivity index (χ3n) is 2.86. The first-order chi connectivity index (χ1) is 9.28. The molecule has 0 unspecified atom stereocenters. The molecule has 0 aliphatic carbocycles. The lowest BCUT2D eigenvalue weighted by molar-refractivity contribution is 0.0601. The molecule has 3 rings (SSSR count). The van der Waals surface area contributed by atoms with Crippen molar-refractivity contribution in [2.24, 2.45) is 0 Å². The van der Waals surface area contributed by atoms with Crippen molar-refractivity contribution in [1.82, 2.24) is 15.0 Å². The summed E-state index contributed by atoms with van der Waals surface area (Å²) in [4.78, 5) is 23.1. The molecule has 0 atom stereocenters. The molecule has 2 heterocycles. The van der Waals surface area contributed by atoms with Crippen LogP contribution in [-0.2, 0) is 4.74 Å². The number of aromatic amines is 1. The molecule has 5 heteroatoms. The van der Waals surface area contributed by atoms with Gasteiger partial charge >= 0.3 is 5.97 Å². The lowest BCUT2D eigenvalue weighted by Gasteiger charge is -1.97. The number of rotatable bonds is 2. The van der Waals surface area contributed by atoms with Crippen LogP contribution in [0.5, 0.6) is 0 Å². The molecular formula is C14H11N3O2. The first-order valence-electron chi connectivity index (χ1n) is 5.76. The number of carbonyl (C=O) groups excluding carboxylic acids is 1. The highest BCUT2D eigenvalue weighted by Crippen LogP contribution is 2.20. The molecule has 3 aromatic rings. The van der Waals surface area contributed by atoms with E-state index in [2.05, 4.69) is 15.0 Å². The summed E-state index contributed by atoms with van der Waals surface area (Å²) in [5, 5.41) is 0. The minimum Gasteiger partial charge on any atom is -0.465 e. The number of fused-ring (bicyclic) bond motifs is 1. The Balaban J connectivity index is 2.09. The fourth-order valence-corrected chi connectivity index (χ4v) is 1.90. The van der Waals surface area contributed by atoms with Gasteiger partial charge in [-0.25, -0.2) is 9.78 Å². The van der Waals surface area contributed by atoms with E-state index in [4.69, 9.17) is 4.74 Å². The molecular weight excluding hydrogens is 242 g/mol. The molecule has 0 amide bonds. The zero-order valence-corrected chi connectivity index (χ0v) is 10.3. The highest BCUT2D eigenvalue weighted by molar-refractivity contribution is 5.94. The molecule has 5 nitrogen and oxygen atoms in total. The minimum atomic E-state index is -0.359. The Morgan fingerprint density at radius 2 is 2.00 bits per heavy atom. The second-order valence-corrected chi connectivity index (χ2v) is 4.04. The Kier molecular flexibility index (Phi) is 2.72. The maximum absolute atomic E-state index is 11.5. The van der Waals surface area contributed by atoms with Crippen molar-refractivity contribution in [3.05, 3.63) is 48.3 Å². The topological polar surface area (TPSA) is 67.9 Å². The lowest BCUT2D eigenvalue weighted by atomic mass is 10.2. The van der Waals surface area contributed by atoms with Crippen LogP contribution in [0.4, 0.5) is 0 Å². The number of benzene rings is 1. The fraction of sp³-hybridized carbons (Fsp3) is 0.0714. The van der Waals surface area contributed by atoms with Crippen molar-refractivity contribution in [3.63, 3.8) is 0 Å². The zero-order valence-electron chi connectivity index (χ0n) is 10.3. The summed E-state index contributed by atoms with van der Waals surface area (Å²) in [6.07, 6.45) is 3.42. The largest absolute Gasteiger partial charge is 0.465 e. The number of esters is 1. The van der Waals surface area contributed by atoms with Crippen LogP contribution in [0.1, 0.15) is 10.4 Å². The number of H-pyrrole nitrogens is 1. The van der Waals surface area contributed by atoms with Gasteiger partial charge in [0.1, 0.15) is 5.82 Å². The number of aromatic nitrogens is 3. The number of hydrogen-bond acceptors (Lipinski definition) is 4. The predicted octanol–water partition coefficient (Wildman–Crippen LogP) is 2.41. The monoisotopic (exact) mass is 253 g/mol. The maximum atomic E-state index is 11.5. The highest BCUT2D eigenvalue weighted by atomic mass is 16.5. The van der Waals surface area contributed by atoms with Crippen LogP contribution in [0.3, 0.4) is 0 Å². The van der Waals surface area contributed by atoms with Crippen LogP contribution in [-0.4, -0.2) is 28.0 Å². The van der Waals surface area contributed by atoms with E-state index in [1.807, 2.05) is 12.1 Å². The smallest absolute Gasteiger partial charge is 0.337 e. The van der Waals surface area contributed by atoms with Crippen LogP contribution in [0.2, 0.25) is 0 Å². The van der Waals surface area contributed by atoms with Gasteiger partial charge in [0.15, 0.2) is 0 Å². The molecule has 1 aromatic carbocycles. The molecule has 0 spiro atoms. The molecule has 0 aliphatic rings. The van der Waals surface area contributed by atoms with Crippen LogP contribution in [0.15, 0.2) is 42.7 Å². The number of pyridine rings is 1. The number of carbonyl (C=O) groups is 1. The summed E-state index contributed by atoms with van der Waals surface area (Å²) < 4.78 is 4.70. The third-order valence-corrected chi connectivity index (χ3v) is 2.86. The van der Waals surface area contributed by atoms with Crippen LogP contribution >= 0.6 is 0 Å². The Labute approximate surface area is 109 Å². The summed E-state index contributed by atoms with van der Waals surface area (Å²) >= 11 is 0. The summed E-state index contributed by atoms with van der Waals surface area (Å²) in [5.74, 6) is 0.390. The van der Waals surface area contributed by atoms with Gasteiger partial charge in [0, 0.05) is 18.0 Å². The molecule has 0 saturated carbocycles. The number of nitrogens with zero attached hydrogens (tertiary/aromatic N) is 2. The Morgan fingerprint density at radius 1 is 1.21 bits per heavy atom. The van der Waals surface area contributed by atoms with Crippen molar-refractivity contribution < 1.29 is 9.53 Å². The van der Waals surface area contributed by atoms with Gasteiger partial charge in [-0.2, -0.15) is 0 Å². The molecule has 94 valence electrons. The van der Waals surface area contributed by atoms with Gasteiger partial charge < -0.3 is 9.72 Å². The van der Waals surface area contributed by atoms with E-state index in [0.29, 0.717) is 5.56 Å². The Hall–Kier alpha value is -2.69. The average Bonchev–Trinajstić information content (AvgIpc) is 2.90. The van der Waals surface area contributed by atoms with Crippen LogP contribution in [0, 0.1) is 0 Å². The number of ether oxygens (including phenoxy) is 1. The van der Waals surface area contributed by atoms with Crippen molar-refractivity contribution in [3.8, 4) is 11.4 Å². The van der Waals surface area contributed by atoms with Crippen molar-refractivity contribution in [1.29, 1.82) is 0 Å². The molecule has 0 radical (unpaired) electrons. The van der Waals surface area contributed by atoms with Gasteiger partial charge in [-0.15, -0.1) is 0 Å². The fourth-order valence-electron chi connectivity index (χ4n) is 1.90. The standard InChI is InChI=1S/C14H11N3O2/c1-19-14(18)10-2-3-11-12(8-10)17-13(16-11)9-4-6-15-7-5-9/h2-8H,1H3,(H,16,17). The van der Waals surface area contributed by atoms with Gasteiger partial charge in [-0.3, -0.25) is 4.98 Å². The maximum Gasteiger partial charge on any atom is 0.337 e. The number of nitrogens with one attached hydrogen (secondary N) is 1. The van der Waals surface area contributed by atoms with Gasteiger partial charge in [0.25, 0.3) is 0 Å². The van der Waals surface area contributed by atoms with Gasteiger partial charge in [0.05, 0.1) is 23.7 Å². The molecule has 0 bridgehead atoms.